The van der Waals surface area contributed by atoms with Crippen LogP contribution in [0.1, 0.15) is 46.5 Å². The third kappa shape index (κ3) is 8.69. The minimum absolute atomic E-state index is 0. The van der Waals surface area contributed by atoms with Crippen molar-refractivity contribution < 1.29 is 4.79 Å². The summed E-state index contributed by atoms with van der Waals surface area (Å²) in [4.78, 5) is 14.3. The van der Waals surface area contributed by atoms with Gasteiger partial charge in [-0.15, -0.1) is 24.8 Å². The Morgan fingerprint density at radius 2 is 1.68 bits per heavy atom. The molecule has 0 aliphatic carbocycles. The Hall–Kier alpha value is -0.0300. The van der Waals surface area contributed by atoms with E-state index in [-0.39, 0.29) is 42.3 Å². The Morgan fingerprint density at radius 1 is 1.21 bits per heavy atom. The Bertz CT molecular complexity index is 249. The van der Waals surface area contributed by atoms with Crippen LogP contribution < -0.4 is 11.1 Å². The first kappa shape index (κ1) is 21.3. The van der Waals surface area contributed by atoms with Crippen LogP contribution in [0, 0.1) is 0 Å². The molecule has 1 saturated heterocycles. The SMILES string of the molecule is CC(C(=O)NCC(C)(C)N)N1CCCCCC1.Cl.Cl. The van der Waals surface area contributed by atoms with Gasteiger partial charge in [0.1, 0.15) is 0 Å². The summed E-state index contributed by atoms with van der Waals surface area (Å²) >= 11 is 0. The van der Waals surface area contributed by atoms with Gasteiger partial charge in [-0.3, -0.25) is 9.69 Å². The second kappa shape index (κ2) is 9.81. The highest BCUT2D eigenvalue weighted by Gasteiger charge is 2.23. The molecule has 1 aliphatic rings. The van der Waals surface area contributed by atoms with Crippen LogP contribution in [0.25, 0.3) is 0 Å². The maximum atomic E-state index is 12.0. The van der Waals surface area contributed by atoms with E-state index in [1.165, 1.54) is 25.7 Å². The predicted octanol–water partition coefficient (Wildman–Crippen LogP) is 1.95. The molecule has 6 heteroatoms. The van der Waals surface area contributed by atoms with E-state index in [0.29, 0.717) is 6.54 Å². The fraction of sp³-hybridized carbons (Fsp3) is 0.923. The molecule has 0 aromatic rings. The van der Waals surface area contributed by atoms with Gasteiger partial charge in [-0.25, -0.2) is 0 Å². The molecule has 3 N–H and O–H groups in total. The van der Waals surface area contributed by atoms with Crippen molar-refractivity contribution in [2.45, 2.75) is 58.0 Å². The first-order valence-electron chi connectivity index (χ1n) is 6.71. The molecule has 1 heterocycles. The largest absolute Gasteiger partial charge is 0.353 e. The summed E-state index contributed by atoms with van der Waals surface area (Å²) in [6.45, 7) is 8.45. The molecule has 116 valence electrons. The summed E-state index contributed by atoms with van der Waals surface area (Å²) in [5.41, 5.74) is 5.52. The molecular weight excluding hydrogens is 285 g/mol. The average molecular weight is 314 g/mol. The number of amides is 1. The fourth-order valence-corrected chi connectivity index (χ4v) is 2.11. The van der Waals surface area contributed by atoms with Gasteiger partial charge in [0, 0.05) is 12.1 Å². The molecule has 19 heavy (non-hydrogen) atoms. The predicted molar refractivity (Wildman–Crippen MR) is 85.3 cm³/mol. The summed E-state index contributed by atoms with van der Waals surface area (Å²) in [5.74, 6) is 0.102. The first-order chi connectivity index (χ1) is 7.90. The van der Waals surface area contributed by atoms with Crippen LogP contribution in [0.2, 0.25) is 0 Å². The molecule has 1 amide bonds. The third-order valence-electron chi connectivity index (χ3n) is 3.29. The second-order valence-electron chi connectivity index (χ2n) is 5.83. The van der Waals surface area contributed by atoms with Crippen molar-refractivity contribution in [2.24, 2.45) is 5.73 Å². The van der Waals surface area contributed by atoms with Crippen molar-refractivity contribution in [3.63, 3.8) is 0 Å². The van der Waals surface area contributed by atoms with E-state index in [0.717, 1.165) is 13.1 Å². The average Bonchev–Trinajstić information content (AvgIpc) is 2.52. The zero-order valence-electron chi connectivity index (χ0n) is 12.3. The molecule has 1 fully saturated rings. The summed E-state index contributed by atoms with van der Waals surface area (Å²) in [7, 11) is 0. The van der Waals surface area contributed by atoms with E-state index in [2.05, 4.69) is 10.2 Å². The monoisotopic (exact) mass is 313 g/mol. The normalized spacial score (nSPS) is 18.5. The van der Waals surface area contributed by atoms with Crippen LogP contribution in [0.4, 0.5) is 0 Å². The van der Waals surface area contributed by atoms with E-state index in [1.807, 2.05) is 20.8 Å². The molecule has 4 nitrogen and oxygen atoms in total. The number of nitrogens with one attached hydrogen (secondary N) is 1. The van der Waals surface area contributed by atoms with Crippen molar-refractivity contribution in [3.05, 3.63) is 0 Å². The lowest BCUT2D eigenvalue weighted by atomic mass is 10.1. The lowest BCUT2D eigenvalue weighted by Crippen LogP contribution is -2.51. The van der Waals surface area contributed by atoms with Gasteiger partial charge in [-0.1, -0.05) is 12.8 Å². The minimum atomic E-state index is -0.339. The van der Waals surface area contributed by atoms with E-state index in [4.69, 9.17) is 5.73 Å². The van der Waals surface area contributed by atoms with Crippen LogP contribution in [-0.2, 0) is 4.79 Å². The zero-order valence-corrected chi connectivity index (χ0v) is 13.9. The van der Waals surface area contributed by atoms with Gasteiger partial charge < -0.3 is 11.1 Å². The van der Waals surface area contributed by atoms with E-state index in [9.17, 15) is 4.79 Å². The maximum Gasteiger partial charge on any atom is 0.237 e. The van der Waals surface area contributed by atoms with Crippen molar-refractivity contribution in [1.29, 1.82) is 0 Å². The molecule has 0 spiro atoms. The topological polar surface area (TPSA) is 58.4 Å². The molecule has 0 aromatic heterocycles. The number of nitrogens with zero attached hydrogens (tertiary/aromatic N) is 1. The number of halogens is 2. The van der Waals surface area contributed by atoms with Gasteiger partial charge in [0.2, 0.25) is 5.91 Å². The first-order valence-corrected chi connectivity index (χ1v) is 6.71. The zero-order chi connectivity index (χ0) is 12.9. The van der Waals surface area contributed by atoms with Gasteiger partial charge in [0.25, 0.3) is 0 Å². The highest BCUT2D eigenvalue weighted by Crippen LogP contribution is 2.12. The van der Waals surface area contributed by atoms with Crippen LogP contribution >= 0.6 is 24.8 Å². The summed E-state index contributed by atoms with van der Waals surface area (Å²) in [5, 5.41) is 2.93. The Morgan fingerprint density at radius 3 is 2.11 bits per heavy atom. The van der Waals surface area contributed by atoms with Crippen molar-refractivity contribution in [3.8, 4) is 0 Å². The lowest BCUT2D eigenvalue weighted by molar-refractivity contribution is -0.126. The van der Waals surface area contributed by atoms with Crippen molar-refractivity contribution >= 4 is 30.7 Å². The van der Waals surface area contributed by atoms with Gasteiger partial charge in [-0.2, -0.15) is 0 Å². The molecule has 1 unspecified atom stereocenters. The van der Waals surface area contributed by atoms with Gasteiger partial charge in [0.05, 0.1) is 6.04 Å². The highest BCUT2D eigenvalue weighted by atomic mass is 35.5. The summed E-state index contributed by atoms with van der Waals surface area (Å²) in [6, 6.07) is -0.0320. The Balaban J connectivity index is 0. The van der Waals surface area contributed by atoms with Crippen LogP contribution in [0.3, 0.4) is 0 Å². The molecule has 0 bridgehead atoms. The van der Waals surface area contributed by atoms with Crippen LogP contribution in [0.5, 0.6) is 0 Å². The fourth-order valence-electron chi connectivity index (χ4n) is 2.11. The number of carbonyl (C=O) groups is 1. The number of carbonyl (C=O) groups excluding carboxylic acids is 1. The molecule has 1 atom stereocenters. The van der Waals surface area contributed by atoms with E-state index >= 15 is 0 Å². The van der Waals surface area contributed by atoms with Crippen LogP contribution in [-0.4, -0.2) is 42.0 Å². The molecule has 1 rings (SSSR count). The standard InChI is InChI=1S/C13H27N3O.2ClH/c1-11(12(17)15-10-13(2,3)14)16-8-6-4-5-7-9-16;;/h11H,4-10,14H2,1-3H3,(H,15,17);2*1H. The maximum absolute atomic E-state index is 12.0. The molecule has 1 aliphatic heterocycles. The third-order valence-corrected chi connectivity index (χ3v) is 3.29. The molecule has 0 saturated carbocycles. The van der Waals surface area contributed by atoms with Gasteiger partial charge in [-0.05, 0) is 46.7 Å². The molecule has 0 aromatic carbocycles. The number of nitrogens with two attached hydrogens (primary N) is 1. The summed E-state index contributed by atoms with van der Waals surface area (Å²) < 4.78 is 0. The minimum Gasteiger partial charge on any atom is -0.353 e. The number of hydrogen-bond donors (Lipinski definition) is 2. The van der Waals surface area contributed by atoms with Crippen LogP contribution in [0.15, 0.2) is 0 Å². The highest BCUT2D eigenvalue weighted by molar-refractivity contribution is 5.85. The van der Waals surface area contributed by atoms with E-state index < -0.39 is 0 Å². The molecular formula is C13H29Cl2N3O. The van der Waals surface area contributed by atoms with E-state index in [1.54, 1.807) is 0 Å². The van der Waals surface area contributed by atoms with Crippen molar-refractivity contribution in [2.75, 3.05) is 19.6 Å². The second-order valence-corrected chi connectivity index (χ2v) is 5.83. The lowest BCUT2D eigenvalue weighted by Gasteiger charge is -2.28. The number of hydrogen-bond acceptors (Lipinski definition) is 3. The molecule has 0 radical (unpaired) electrons. The van der Waals surface area contributed by atoms with Gasteiger partial charge >= 0.3 is 0 Å². The van der Waals surface area contributed by atoms with Gasteiger partial charge in [0.15, 0.2) is 0 Å². The Kier molecular flexibility index (Phi) is 11.0. The summed E-state index contributed by atoms with van der Waals surface area (Å²) in [6.07, 6.45) is 5.00. The van der Waals surface area contributed by atoms with Crippen molar-refractivity contribution in [1.82, 2.24) is 10.2 Å². The Labute approximate surface area is 129 Å². The number of rotatable bonds is 4. The number of likely N-dealkylation sites (tertiary alicyclic amines) is 1. The smallest absolute Gasteiger partial charge is 0.237 e. The quantitative estimate of drug-likeness (QED) is 0.834.